The molecule has 0 saturated carbocycles. The fourth-order valence-electron chi connectivity index (χ4n) is 1.28. The van der Waals surface area contributed by atoms with Crippen LogP contribution in [0.25, 0.3) is 0 Å². The Labute approximate surface area is 107 Å². The monoisotopic (exact) mass is 295 g/mol. The van der Waals surface area contributed by atoms with E-state index >= 15 is 0 Å². The lowest BCUT2D eigenvalue weighted by molar-refractivity contribution is 1.15. The Kier molecular flexibility index (Phi) is 3.79. The third-order valence-corrected chi connectivity index (χ3v) is 3.40. The second-order valence-corrected chi connectivity index (χ2v) is 4.75. The average Bonchev–Trinajstić information content (AvgIpc) is 2.33. The molecule has 0 aliphatic rings. The maximum Gasteiger partial charge on any atom is 0.148 e. The van der Waals surface area contributed by atoms with Gasteiger partial charge in [-0.1, -0.05) is 12.1 Å². The largest absolute Gasteiger partial charge is 0.338 e. The van der Waals surface area contributed by atoms with Gasteiger partial charge in [-0.3, -0.25) is 0 Å². The fraction of sp³-hybridized carbons (Fsp3) is 0.0909. The number of hydrogen-bond donors (Lipinski definition) is 1. The normalized spacial score (nSPS) is 10.1. The van der Waals surface area contributed by atoms with Crippen LogP contribution in [0.15, 0.2) is 46.2 Å². The standard InChI is InChI=1S/C11H10BrN3S/c1-16-10-5-3-2-4-9(10)15-11-8(12)6-13-7-14-11/h2-7H,1H3,(H,13,14,15). The summed E-state index contributed by atoms with van der Waals surface area (Å²) in [5.74, 6) is 0.775. The number of hydrogen-bond acceptors (Lipinski definition) is 4. The summed E-state index contributed by atoms with van der Waals surface area (Å²) in [5.41, 5.74) is 1.05. The topological polar surface area (TPSA) is 37.8 Å². The quantitative estimate of drug-likeness (QED) is 0.876. The summed E-state index contributed by atoms with van der Waals surface area (Å²) in [7, 11) is 0. The minimum Gasteiger partial charge on any atom is -0.338 e. The molecule has 2 aromatic rings. The number of anilines is 2. The lowest BCUT2D eigenvalue weighted by atomic mass is 10.3. The zero-order valence-electron chi connectivity index (χ0n) is 8.64. The van der Waals surface area contributed by atoms with Crippen LogP contribution in [0.5, 0.6) is 0 Å². The SMILES string of the molecule is CSc1ccccc1Nc1ncncc1Br. The highest BCUT2D eigenvalue weighted by molar-refractivity contribution is 9.10. The van der Waals surface area contributed by atoms with E-state index in [4.69, 9.17) is 0 Å². The molecule has 82 valence electrons. The third kappa shape index (κ3) is 2.54. The minimum atomic E-state index is 0.775. The van der Waals surface area contributed by atoms with E-state index in [0.29, 0.717) is 0 Å². The Bertz CT molecular complexity index is 490. The Morgan fingerprint density at radius 3 is 2.88 bits per heavy atom. The molecule has 0 bridgehead atoms. The van der Waals surface area contributed by atoms with Crippen LogP contribution < -0.4 is 5.32 Å². The zero-order valence-corrected chi connectivity index (χ0v) is 11.0. The summed E-state index contributed by atoms with van der Waals surface area (Å²) < 4.78 is 0.853. The van der Waals surface area contributed by atoms with Crippen LogP contribution in [0, 0.1) is 0 Å². The molecule has 16 heavy (non-hydrogen) atoms. The van der Waals surface area contributed by atoms with Crippen LogP contribution in [0.3, 0.4) is 0 Å². The van der Waals surface area contributed by atoms with Crippen molar-refractivity contribution in [3.63, 3.8) is 0 Å². The molecule has 0 atom stereocenters. The highest BCUT2D eigenvalue weighted by Crippen LogP contribution is 2.29. The minimum absolute atomic E-state index is 0.775. The molecule has 0 radical (unpaired) electrons. The smallest absolute Gasteiger partial charge is 0.148 e. The van der Waals surface area contributed by atoms with E-state index < -0.39 is 0 Å². The van der Waals surface area contributed by atoms with Gasteiger partial charge in [0.05, 0.1) is 10.2 Å². The lowest BCUT2D eigenvalue weighted by Gasteiger charge is -2.10. The fourth-order valence-corrected chi connectivity index (χ4v) is 2.15. The maximum atomic E-state index is 4.17. The van der Waals surface area contributed by atoms with Gasteiger partial charge in [0, 0.05) is 11.1 Å². The van der Waals surface area contributed by atoms with Gasteiger partial charge in [-0.25, -0.2) is 9.97 Å². The number of thioether (sulfide) groups is 1. The molecule has 0 fully saturated rings. The van der Waals surface area contributed by atoms with Crippen LogP contribution in [0.2, 0.25) is 0 Å². The highest BCUT2D eigenvalue weighted by Gasteiger charge is 2.04. The van der Waals surface area contributed by atoms with Crippen molar-refractivity contribution in [2.75, 3.05) is 11.6 Å². The van der Waals surface area contributed by atoms with Crippen molar-refractivity contribution in [1.82, 2.24) is 9.97 Å². The number of nitrogens with zero attached hydrogens (tertiary/aromatic N) is 2. The van der Waals surface area contributed by atoms with Gasteiger partial charge in [0.2, 0.25) is 0 Å². The van der Waals surface area contributed by atoms with Gasteiger partial charge in [-0.15, -0.1) is 11.8 Å². The average molecular weight is 296 g/mol. The number of benzene rings is 1. The van der Waals surface area contributed by atoms with Crippen molar-refractivity contribution in [3.8, 4) is 0 Å². The van der Waals surface area contributed by atoms with E-state index in [1.807, 2.05) is 18.2 Å². The van der Waals surface area contributed by atoms with Crippen molar-refractivity contribution >= 4 is 39.2 Å². The van der Waals surface area contributed by atoms with E-state index in [1.165, 1.54) is 11.2 Å². The molecule has 1 N–H and O–H groups in total. The van der Waals surface area contributed by atoms with E-state index in [2.05, 4.69) is 43.5 Å². The Balaban J connectivity index is 2.30. The molecule has 3 nitrogen and oxygen atoms in total. The van der Waals surface area contributed by atoms with Crippen LogP contribution in [0.4, 0.5) is 11.5 Å². The summed E-state index contributed by atoms with van der Waals surface area (Å²) in [4.78, 5) is 9.28. The number of halogens is 1. The second-order valence-electron chi connectivity index (χ2n) is 3.04. The summed E-state index contributed by atoms with van der Waals surface area (Å²) in [6.45, 7) is 0. The first kappa shape index (κ1) is 11.4. The summed E-state index contributed by atoms with van der Waals surface area (Å²) in [6.07, 6.45) is 5.29. The predicted molar refractivity (Wildman–Crippen MR) is 71.2 cm³/mol. The molecule has 1 heterocycles. The van der Waals surface area contributed by atoms with Crippen molar-refractivity contribution in [2.24, 2.45) is 0 Å². The molecule has 0 aliphatic carbocycles. The van der Waals surface area contributed by atoms with Crippen LogP contribution in [-0.4, -0.2) is 16.2 Å². The lowest BCUT2D eigenvalue weighted by Crippen LogP contribution is -1.96. The first-order valence-corrected chi connectivity index (χ1v) is 6.68. The van der Waals surface area contributed by atoms with E-state index in [-0.39, 0.29) is 0 Å². The van der Waals surface area contributed by atoms with Crippen molar-refractivity contribution in [1.29, 1.82) is 0 Å². The molecular formula is C11H10BrN3S. The van der Waals surface area contributed by atoms with Gasteiger partial charge >= 0.3 is 0 Å². The summed E-state index contributed by atoms with van der Waals surface area (Å²) in [6, 6.07) is 8.12. The van der Waals surface area contributed by atoms with Gasteiger partial charge in [-0.2, -0.15) is 0 Å². The van der Waals surface area contributed by atoms with Crippen molar-refractivity contribution in [2.45, 2.75) is 4.90 Å². The Morgan fingerprint density at radius 1 is 1.31 bits per heavy atom. The number of para-hydroxylation sites is 1. The molecule has 1 aromatic carbocycles. The molecule has 0 unspecified atom stereocenters. The second kappa shape index (κ2) is 5.32. The number of rotatable bonds is 3. The Morgan fingerprint density at radius 2 is 2.12 bits per heavy atom. The third-order valence-electron chi connectivity index (χ3n) is 2.03. The first-order chi connectivity index (χ1) is 7.81. The molecule has 5 heteroatoms. The van der Waals surface area contributed by atoms with Crippen molar-refractivity contribution in [3.05, 3.63) is 41.3 Å². The van der Waals surface area contributed by atoms with Gasteiger partial charge in [0.1, 0.15) is 12.1 Å². The van der Waals surface area contributed by atoms with Gasteiger partial charge in [0.15, 0.2) is 0 Å². The number of nitrogens with one attached hydrogen (secondary N) is 1. The van der Waals surface area contributed by atoms with Crippen molar-refractivity contribution < 1.29 is 0 Å². The van der Waals surface area contributed by atoms with Crippen LogP contribution >= 0.6 is 27.7 Å². The molecule has 0 amide bonds. The van der Waals surface area contributed by atoms with Crippen LogP contribution in [-0.2, 0) is 0 Å². The molecule has 2 rings (SSSR count). The molecule has 0 aliphatic heterocycles. The summed E-state index contributed by atoms with van der Waals surface area (Å²) >= 11 is 5.11. The van der Waals surface area contributed by atoms with E-state index in [9.17, 15) is 0 Å². The maximum absolute atomic E-state index is 4.17. The highest BCUT2D eigenvalue weighted by atomic mass is 79.9. The predicted octanol–water partition coefficient (Wildman–Crippen LogP) is 3.70. The zero-order chi connectivity index (χ0) is 11.4. The molecule has 0 saturated heterocycles. The van der Waals surface area contributed by atoms with E-state index in [0.717, 1.165) is 16.0 Å². The van der Waals surface area contributed by atoms with Gasteiger partial charge in [-0.05, 0) is 34.3 Å². The van der Waals surface area contributed by atoms with Gasteiger partial charge < -0.3 is 5.32 Å². The Hall–Kier alpha value is -1.07. The van der Waals surface area contributed by atoms with Crippen LogP contribution in [0.1, 0.15) is 0 Å². The number of aromatic nitrogens is 2. The molecular weight excluding hydrogens is 286 g/mol. The molecule has 1 aromatic heterocycles. The summed E-state index contributed by atoms with van der Waals surface area (Å²) in [5, 5.41) is 3.27. The first-order valence-electron chi connectivity index (χ1n) is 4.67. The van der Waals surface area contributed by atoms with Gasteiger partial charge in [0.25, 0.3) is 0 Å². The van der Waals surface area contributed by atoms with E-state index in [1.54, 1.807) is 18.0 Å². The molecule has 0 spiro atoms.